The Balaban J connectivity index is 1.80. The maximum Gasteiger partial charge on any atom is 0.134 e. The van der Waals surface area contributed by atoms with Gasteiger partial charge in [0.25, 0.3) is 0 Å². The zero-order valence-electron chi connectivity index (χ0n) is 14.3. The molecule has 1 unspecified atom stereocenters. The van der Waals surface area contributed by atoms with Gasteiger partial charge in [0.15, 0.2) is 0 Å². The molecular formula is C19H27NO3. The van der Waals surface area contributed by atoms with E-state index in [2.05, 4.69) is 38.2 Å². The molecule has 1 atom stereocenters. The Hall–Kier alpha value is -1.36. The van der Waals surface area contributed by atoms with Gasteiger partial charge in [0.05, 0.1) is 11.6 Å². The molecule has 126 valence electrons. The minimum atomic E-state index is -0.687. The van der Waals surface area contributed by atoms with Crippen LogP contribution in [0.4, 0.5) is 0 Å². The molecule has 3 rings (SSSR count). The lowest BCUT2D eigenvalue weighted by molar-refractivity contribution is -0.0646. The Labute approximate surface area is 137 Å². The van der Waals surface area contributed by atoms with Crippen molar-refractivity contribution in [3.05, 3.63) is 36.1 Å². The van der Waals surface area contributed by atoms with E-state index in [1.807, 2.05) is 18.2 Å². The Kier molecular flexibility index (Phi) is 4.50. The normalized spacial score (nSPS) is 19.8. The van der Waals surface area contributed by atoms with E-state index in [9.17, 15) is 5.11 Å². The summed E-state index contributed by atoms with van der Waals surface area (Å²) in [6.07, 6.45) is 1.36. The van der Waals surface area contributed by atoms with Crippen molar-refractivity contribution in [3.63, 3.8) is 0 Å². The van der Waals surface area contributed by atoms with Crippen LogP contribution in [0.25, 0.3) is 11.0 Å². The van der Waals surface area contributed by atoms with Gasteiger partial charge in [-0.05, 0) is 17.5 Å². The third kappa shape index (κ3) is 3.77. The molecule has 1 fully saturated rings. The SMILES string of the molecule is CC(C)(C)C(NCC1(O)CCOCC1)c1cc2ccccc2o1. The Morgan fingerprint density at radius 2 is 1.91 bits per heavy atom. The van der Waals surface area contributed by atoms with Crippen molar-refractivity contribution < 1.29 is 14.3 Å². The number of hydrogen-bond donors (Lipinski definition) is 2. The van der Waals surface area contributed by atoms with Crippen LogP contribution in [0, 0.1) is 5.41 Å². The van der Waals surface area contributed by atoms with Gasteiger partial charge in [-0.25, -0.2) is 0 Å². The van der Waals surface area contributed by atoms with Crippen molar-refractivity contribution in [2.75, 3.05) is 19.8 Å². The molecule has 2 aromatic rings. The lowest BCUT2D eigenvalue weighted by Crippen LogP contribution is -2.47. The monoisotopic (exact) mass is 317 g/mol. The third-order valence-corrected chi connectivity index (χ3v) is 4.65. The van der Waals surface area contributed by atoms with Crippen LogP contribution in [0.5, 0.6) is 0 Å². The molecule has 23 heavy (non-hydrogen) atoms. The number of para-hydroxylation sites is 1. The summed E-state index contributed by atoms with van der Waals surface area (Å²) in [5, 5.41) is 15.4. The molecule has 0 spiro atoms. The number of fused-ring (bicyclic) bond motifs is 1. The standard InChI is InChI=1S/C19H27NO3/c1-18(2,3)17(20-13-19(21)8-10-22-11-9-19)16-12-14-6-4-5-7-15(14)23-16/h4-7,12,17,20-21H,8-11,13H2,1-3H3. The van der Waals surface area contributed by atoms with Gasteiger partial charge < -0.3 is 19.6 Å². The van der Waals surface area contributed by atoms with Crippen LogP contribution >= 0.6 is 0 Å². The molecule has 2 heterocycles. The van der Waals surface area contributed by atoms with Gasteiger partial charge in [-0.3, -0.25) is 0 Å². The van der Waals surface area contributed by atoms with E-state index in [1.54, 1.807) is 0 Å². The quantitative estimate of drug-likeness (QED) is 0.904. The van der Waals surface area contributed by atoms with E-state index >= 15 is 0 Å². The van der Waals surface area contributed by atoms with Crippen LogP contribution < -0.4 is 5.32 Å². The molecule has 1 aliphatic rings. The van der Waals surface area contributed by atoms with E-state index < -0.39 is 5.60 Å². The van der Waals surface area contributed by atoms with Crippen molar-refractivity contribution >= 4 is 11.0 Å². The molecular weight excluding hydrogens is 290 g/mol. The molecule has 4 nitrogen and oxygen atoms in total. The molecule has 1 saturated heterocycles. The predicted octanol–water partition coefficient (Wildman–Crippen LogP) is 3.65. The second-order valence-electron chi connectivity index (χ2n) is 7.70. The molecule has 2 N–H and O–H groups in total. The smallest absolute Gasteiger partial charge is 0.134 e. The predicted molar refractivity (Wildman–Crippen MR) is 91.4 cm³/mol. The Bertz CT molecular complexity index is 617. The molecule has 0 amide bonds. The van der Waals surface area contributed by atoms with Crippen LogP contribution in [0.15, 0.2) is 34.7 Å². The molecule has 0 radical (unpaired) electrons. The first-order valence-corrected chi connectivity index (χ1v) is 8.39. The fourth-order valence-corrected chi connectivity index (χ4v) is 3.20. The van der Waals surface area contributed by atoms with Crippen molar-refractivity contribution in [1.29, 1.82) is 0 Å². The summed E-state index contributed by atoms with van der Waals surface area (Å²) < 4.78 is 11.4. The maximum absolute atomic E-state index is 10.7. The second kappa shape index (κ2) is 6.27. The third-order valence-electron chi connectivity index (χ3n) is 4.65. The first-order chi connectivity index (χ1) is 10.9. The van der Waals surface area contributed by atoms with Crippen molar-refractivity contribution in [3.8, 4) is 0 Å². The minimum absolute atomic E-state index is 0.0184. The number of furan rings is 1. The number of benzene rings is 1. The first-order valence-electron chi connectivity index (χ1n) is 8.39. The summed E-state index contributed by atoms with van der Waals surface area (Å²) in [7, 11) is 0. The van der Waals surface area contributed by atoms with Gasteiger partial charge in [0.2, 0.25) is 0 Å². The summed E-state index contributed by atoms with van der Waals surface area (Å²) in [5.74, 6) is 0.925. The highest BCUT2D eigenvalue weighted by molar-refractivity contribution is 5.77. The van der Waals surface area contributed by atoms with E-state index in [4.69, 9.17) is 9.15 Å². The van der Waals surface area contributed by atoms with Crippen molar-refractivity contribution in [1.82, 2.24) is 5.32 Å². The average Bonchev–Trinajstić information content (AvgIpc) is 2.90. The average molecular weight is 317 g/mol. The summed E-state index contributed by atoms with van der Waals surface area (Å²) in [4.78, 5) is 0. The fraction of sp³-hybridized carbons (Fsp3) is 0.579. The van der Waals surface area contributed by atoms with Gasteiger partial charge in [-0.2, -0.15) is 0 Å². The van der Waals surface area contributed by atoms with Crippen LogP contribution in [0.2, 0.25) is 0 Å². The minimum Gasteiger partial charge on any atom is -0.459 e. The van der Waals surface area contributed by atoms with Crippen molar-refractivity contribution in [2.24, 2.45) is 5.41 Å². The van der Waals surface area contributed by atoms with Crippen LogP contribution in [0.3, 0.4) is 0 Å². The Morgan fingerprint density at radius 3 is 2.57 bits per heavy atom. The number of aliphatic hydroxyl groups is 1. The maximum atomic E-state index is 10.7. The number of rotatable bonds is 4. The number of ether oxygens (including phenoxy) is 1. The van der Waals surface area contributed by atoms with Crippen molar-refractivity contribution in [2.45, 2.75) is 45.3 Å². The van der Waals surface area contributed by atoms with Gasteiger partial charge in [0, 0.05) is 38.0 Å². The van der Waals surface area contributed by atoms with Crippen LogP contribution in [0.1, 0.15) is 45.4 Å². The summed E-state index contributed by atoms with van der Waals surface area (Å²) in [6.45, 7) is 8.37. The van der Waals surface area contributed by atoms with Gasteiger partial charge >= 0.3 is 0 Å². The largest absolute Gasteiger partial charge is 0.459 e. The zero-order chi connectivity index (χ0) is 16.5. The highest BCUT2D eigenvalue weighted by atomic mass is 16.5. The summed E-state index contributed by atoms with van der Waals surface area (Å²) in [5.41, 5.74) is 0.201. The topological polar surface area (TPSA) is 54.6 Å². The molecule has 0 bridgehead atoms. The van der Waals surface area contributed by atoms with Gasteiger partial charge in [-0.1, -0.05) is 39.0 Å². The second-order valence-corrected chi connectivity index (χ2v) is 7.70. The van der Waals surface area contributed by atoms with E-state index in [0.717, 1.165) is 16.7 Å². The summed E-state index contributed by atoms with van der Waals surface area (Å²) >= 11 is 0. The Morgan fingerprint density at radius 1 is 1.22 bits per heavy atom. The van der Waals surface area contributed by atoms with Gasteiger partial charge in [-0.15, -0.1) is 0 Å². The van der Waals surface area contributed by atoms with Gasteiger partial charge in [0.1, 0.15) is 11.3 Å². The highest BCUT2D eigenvalue weighted by Crippen LogP contribution is 2.36. The molecule has 4 heteroatoms. The van der Waals surface area contributed by atoms with E-state index in [-0.39, 0.29) is 11.5 Å². The van der Waals surface area contributed by atoms with Crippen LogP contribution in [-0.4, -0.2) is 30.5 Å². The summed E-state index contributed by atoms with van der Waals surface area (Å²) in [6, 6.07) is 10.2. The first kappa shape index (κ1) is 16.5. The molecule has 0 saturated carbocycles. The molecule has 1 aromatic heterocycles. The molecule has 1 aliphatic heterocycles. The zero-order valence-corrected chi connectivity index (χ0v) is 14.3. The lowest BCUT2D eigenvalue weighted by atomic mass is 9.84. The highest BCUT2D eigenvalue weighted by Gasteiger charge is 2.34. The van der Waals surface area contributed by atoms with E-state index in [1.165, 1.54) is 0 Å². The lowest BCUT2D eigenvalue weighted by Gasteiger charge is -2.36. The number of nitrogens with one attached hydrogen (secondary N) is 1. The number of hydrogen-bond acceptors (Lipinski definition) is 4. The van der Waals surface area contributed by atoms with Crippen LogP contribution in [-0.2, 0) is 4.74 Å². The van der Waals surface area contributed by atoms with E-state index in [0.29, 0.717) is 32.6 Å². The fourth-order valence-electron chi connectivity index (χ4n) is 3.20. The molecule has 0 aliphatic carbocycles. The molecule has 1 aromatic carbocycles.